The van der Waals surface area contributed by atoms with E-state index in [4.69, 9.17) is 27.9 Å². The summed E-state index contributed by atoms with van der Waals surface area (Å²) < 4.78 is 31.4. The van der Waals surface area contributed by atoms with E-state index in [9.17, 15) is 8.78 Å². The number of hydrogen-bond acceptors (Lipinski definition) is 3. The Hall–Kier alpha value is -1.17. The van der Waals surface area contributed by atoms with Gasteiger partial charge in [0.05, 0.1) is 23.7 Å². The van der Waals surface area contributed by atoms with Crippen LogP contribution in [0.5, 0.6) is 5.75 Å². The minimum Gasteiger partial charge on any atom is -0.495 e. The molecule has 7 heteroatoms. The van der Waals surface area contributed by atoms with E-state index in [-0.39, 0.29) is 10.0 Å². The summed E-state index contributed by atoms with van der Waals surface area (Å²) in [5, 5.41) is 3.77. The number of aromatic nitrogens is 1. The summed E-state index contributed by atoms with van der Waals surface area (Å²) in [6.07, 6.45) is -0.954. The number of nitrogens with zero attached hydrogens (tertiary/aromatic N) is 1. The van der Waals surface area contributed by atoms with Crippen molar-refractivity contribution in [1.82, 2.24) is 10.3 Å². The van der Waals surface area contributed by atoms with Crippen molar-refractivity contribution in [3.63, 3.8) is 0 Å². The van der Waals surface area contributed by atoms with Crippen LogP contribution in [0, 0.1) is 0 Å². The topological polar surface area (TPSA) is 34.1 Å². The second-order valence-corrected chi connectivity index (χ2v) is 5.25. The molecule has 1 unspecified atom stereocenters. The second-order valence-electron chi connectivity index (χ2n) is 4.49. The Morgan fingerprint density at radius 3 is 2.80 bits per heavy atom. The highest BCUT2D eigenvalue weighted by atomic mass is 35.5. The number of methoxy groups -OCH3 is 1. The van der Waals surface area contributed by atoms with E-state index in [1.807, 2.05) is 0 Å². The summed E-state index contributed by atoms with van der Waals surface area (Å²) in [4.78, 5) is 4.23. The van der Waals surface area contributed by atoms with Crippen LogP contribution < -0.4 is 10.1 Å². The Kier molecular flexibility index (Phi) is 3.44. The molecular formula is C13H10Cl2F2N2O. The lowest BCUT2D eigenvalue weighted by atomic mass is 10.0. The van der Waals surface area contributed by atoms with Gasteiger partial charge in [-0.3, -0.25) is 4.98 Å². The van der Waals surface area contributed by atoms with Crippen LogP contribution in [0.1, 0.15) is 17.2 Å². The van der Waals surface area contributed by atoms with Crippen molar-refractivity contribution in [2.75, 3.05) is 7.11 Å². The van der Waals surface area contributed by atoms with Crippen molar-refractivity contribution in [1.29, 1.82) is 0 Å². The molecule has 1 aliphatic rings. The number of fused-ring (bicyclic) bond motifs is 3. The lowest BCUT2D eigenvalue weighted by Crippen LogP contribution is -2.19. The zero-order chi connectivity index (χ0) is 14.4. The zero-order valence-electron chi connectivity index (χ0n) is 10.4. The van der Waals surface area contributed by atoms with Crippen LogP contribution in [0.3, 0.4) is 0 Å². The van der Waals surface area contributed by atoms with Crippen LogP contribution in [0.25, 0.3) is 10.9 Å². The minimum absolute atomic E-state index is 0.212. The third-order valence-electron chi connectivity index (χ3n) is 3.43. The summed E-state index contributed by atoms with van der Waals surface area (Å²) >= 11 is 12.2. The Balaban J connectivity index is 2.35. The smallest absolute Gasteiger partial charge is 0.257 e. The van der Waals surface area contributed by atoms with Gasteiger partial charge in [-0.1, -0.05) is 23.2 Å². The van der Waals surface area contributed by atoms with Gasteiger partial charge in [-0.05, 0) is 17.2 Å². The monoisotopic (exact) mass is 318 g/mol. The van der Waals surface area contributed by atoms with Crippen LogP contribution in [-0.2, 0) is 6.54 Å². The van der Waals surface area contributed by atoms with Crippen molar-refractivity contribution >= 4 is 34.1 Å². The highest BCUT2D eigenvalue weighted by Gasteiger charge is 2.32. The Labute approximate surface area is 123 Å². The fourth-order valence-corrected chi connectivity index (χ4v) is 2.97. The number of hydrogen-bond donors (Lipinski definition) is 1. The number of halogens is 4. The van der Waals surface area contributed by atoms with Gasteiger partial charge in [0.1, 0.15) is 10.8 Å². The standard InChI is InChI=1S/C13H10Cl2F2N2O/c1-20-7-2-6-8-5(4-19-12(8)13(16)17)3-18-11(6)10(15)9(7)14/h2-3,12-13,19H,4H2,1H3. The van der Waals surface area contributed by atoms with E-state index >= 15 is 0 Å². The molecule has 0 saturated carbocycles. The van der Waals surface area contributed by atoms with Crippen molar-refractivity contribution in [2.24, 2.45) is 0 Å². The average Bonchev–Trinajstić information content (AvgIpc) is 2.86. The molecule has 3 rings (SSSR count). The van der Waals surface area contributed by atoms with E-state index in [2.05, 4.69) is 10.3 Å². The summed E-state index contributed by atoms with van der Waals surface area (Å²) in [5.41, 5.74) is 1.66. The lowest BCUT2D eigenvalue weighted by molar-refractivity contribution is 0.104. The highest BCUT2D eigenvalue weighted by Crippen LogP contribution is 2.42. The third-order valence-corrected chi connectivity index (χ3v) is 4.27. The molecule has 1 aromatic carbocycles. The summed E-state index contributed by atoms with van der Waals surface area (Å²) in [6.45, 7) is 0.357. The van der Waals surface area contributed by atoms with Gasteiger partial charge in [-0.15, -0.1) is 0 Å². The Morgan fingerprint density at radius 2 is 2.15 bits per heavy atom. The third kappa shape index (κ3) is 1.92. The first-order valence-electron chi connectivity index (χ1n) is 5.89. The first-order valence-corrected chi connectivity index (χ1v) is 6.65. The maximum absolute atomic E-state index is 13.1. The number of rotatable bonds is 2. The van der Waals surface area contributed by atoms with E-state index in [0.29, 0.717) is 28.8 Å². The van der Waals surface area contributed by atoms with Gasteiger partial charge >= 0.3 is 0 Å². The lowest BCUT2D eigenvalue weighted by Gasteiger charge is -2.15. The van der Waals surface area contributed by atoms with Crippen LogP contribution >= 0.6 is 23.2 Å². The summed E-state index contributed by atoms with van der Waals surface area (Å²) in [5.74, 6) is 0.347. The second kappa shape index (κ2) is 4.98. The maximum Gasteiger partial charge on any atom is 0.257 e. The molecule has 3 nitrogen and oxygen atoms in total. The molecule has 0 amide bonds. The number of benzene rings is 1. The average molecular weight is 319 g/mol. The van der Waals surface area contributed by atoms with Crippen molar-refractivity contribution in [2.45, 2.75) is 19.0 Å². The van der Waals surface area contributed by atoms with Crippen LogP contribution in [-0.4, -0.2) is 18.5 Å². The van der Waals surface area contributed by atoms with Crippen molar-refractivity contribution < 1.29 is 13.5 Å². The molecule has 106 valence electrons. The van der Waals surface area contributed by atoms with Gasteiger partial charge in [-0.25, -0.2) is 8.78 Å². The normalized spacial score (nSPS) is 17.8. The van der Waals surface area contributed by atoms with E-state index in [0.717, 1.165) is 5.56 Å². The molecule has 0 radical (unpaired) electrons. The zero-order valence-corrected chi connectivity index (χ0v) is 11.9. The molecule has 1 atom stereocenters. The molecule has 2 aromatic rings. The van der Waals surface area contributed by atoms with Gasteiger partial charge in [0.15, 0.2) is 0 Å². The molecule has 1 N–H and O–H groups in total. The molecular weight excluding hydrogens is 309 g/mol. The van der Waals surface area contributed by atoms with E-state index in [1.54, 1.807) is 12.3 Å². The SMILES string of the molecule is COc1cc2c3c(cnc2c(Cl)c1Cl)CNC3C(F)F. The molecule has 1 aromatic heterocycles. The Bertz CT molecular complexity index is 694. The van der Waals surface area contributed by atoms with Crippen LogP contribution in [0.15, 0.2) is 12.3 Å². The van der Waals surface area contributed by atoms with Crippen LogP contribution in [0.2, 0.25) is 10.0 Å². The van der Waals surface area contributed by atoms with E-state index in [1.165, 1.54) is 7.11 Å². The van der Waals surface area contributed by atoms with Gasteiger partial charge in [0.2, 0.25) is 0 Å². The fraction of sp³-hybridized carbons (Fsp3) is 0.308. The number of alkyl halides is 2. The molecule has 20 heavy (non-hydrogen) atoms. The Morgan fingerprint density at radius 1 is 1.40 bits per heavy atom. The molecule has 0 fully saturated rings. The predicted octanol–water partition coefficient (Wildman–Crippen LogP) is 3.96. The van der Waals surface area contributed by atoms with Gasteiger partial charge in [0, 0.05) is 18.1 Å². The molecule has 0 bridgehead atoms. The van der Waals surface area contributed by atoms with Gasteiger partial charge < -0.3 is 10.1 Å². The first kappa shape index (κ1) is 13.8. The van der Waals surface area contributed by atoms with Gasteiger partial charge in [-0.2, -0.15) is 0 Å². The molecule has 2 heterocycles. The van der Waals surface area contributed by atoms with Crippen molar-refractivity contribution in [3.8, 4) is 5.75 Å². The number of nitrogens with one attached hydrogen (secondary N) is 1. The fourth-order valence-electron chi connectivity index (χ4n) is 2.50. The van der Waals surface area contributed by atoms with Crippen molar-refractivity contribution in [3.05, 3.63) is 33.4 Å². The maximum atomic E-state index is 13.1. The molecule has 0 saturated heterocycles. The largest absolute Gasteiger partial charge is 0.495 e. The highest BCUT2D eigenvalue weighted by molar-refractivity contribution is 6.46. The first-order chi connectivity index (χ1) is 9.54. The van der Waals surface area contributed by atoms with E-state index < -0.39 is 12.5 Å². The summed E-state index contributed by atoms with van der Waals surface area (Å²) in [7, 11) is 1.45. The van der Waals surface area contributed by atoms with Gasteiger partial charge in [0.25, 0.3) is 6.43 Å². The summed E-state index contributed by atoms with van der Waals surface area (Å²) in [6, 6.07) is 0.579. The number of ether oxygens (including phenoxy) is 1. The molecule has 1 aliphatic heterocycles. The molecule has 0 aliphatic carbocycles. The minimum atomic E-state index is -2.51. The van der Waals surface area contributed by atoms with Crippen LogP contribution in [0.4, 0.5) is 8.78 Å². The predicted molar refractivity (Wildman–Crippen MR) is 73.9 cm³/mol. The molecule has 0 spiro atoms. The number of pyridine rings is 1. The quantitative estimate of drug-likeness (QED) is 0.910.